The molecule has 0 saturated heterocycles. The van der Waals surface area contributed by atoms with Gasteiger partial charge in [0.05, 0.1) is 6.10 Å². The van der Waals surface area contributed by atoms with Gasteiger partial charge in [0.15, 0.2) is 0 Å². The first-order valence-corrected chi connectivity index (χ1v) is 4.59. The molecule has 0 aliphatic heterocycles. The molecule has 12 heavy (non-hydrogen) atoms. The highest BCUT2D eigenvalue weighted by molar-refractivity contribution is 5.12. The predicted molar refractivity (Wildman–Crippen MR) is 48.7 cm³/mol. The van der Waals surface area contributed by atoms with Gasteiger partial charge in [-0.2, -0.15) is 0 Å². The number of aliphatic hydroxyl groups excluding tert-OH is 1. The van der Waals surface area contributed by atoms with Gasteiger partial charge in [0.1, 0.15) is 5.60 Å². The third-order valence-corrected chi connectivity index (χ3v) is 2.89. The Balaban J connectivity index is 2.85. The molecule has 70 valence electrons. The van der Waals surface area contributed by atoms with Crippen molar-refractivity contribution in [3.63, 3.8) is 0 Å². The van der Waals surface area contributed by atoms with Crippen LogP contribution in [0.15, 0.2) is 12.2 Å². The van der Waals surface area contributed by atoms with Gasteiger partial charge >= 0.3 is 0 Å². The van der Waals surface area contributed by atoms with Gasteiger partial charge in [-0.3, -0.25) is 0 Å². The lowest BCUT2D eigenvalue weighted by Gasteiger charge is -2.38. The van der Waals surface area contributed by atoms with Crippen LogP contribution in [-0.2, 0) is 0 Å². The fourth-order valence-electron chi connectivity index (χ4n) is 1.90. The van der Waals surface area contributed by atoms with Crippen LogP contribution in [0.3, 0.4) is 0 Å². The van der Waals surface area contributed by atoms with Gasteiger partial charge in [0, 0.05) is 0 Å². The molecule has 1 aliphatic rings. The monoisotopic (exact) mass is 170 g/mol. The van der Waals surface area contributed by atoms with E-state index in [1.54, 1.807) is 13.0 Å². The zero-order chi connectivity index (χ0) is 9.35. The molecule has 0 spiro atoms. The zero-order valence-electron chi connectivity index (χ0n) is 7.99. The summed E-state index contributed by atoms with van der Waals surface area (Å²) in [6.07, 6.45) is 3.97. The Bertz CT molecular complexity index is 184. The van der Waals surface area contributed by atoms with E-state index < -0.39 is 11.7 Å². The van der Waals surface area contributed by atoms with E-state index in [1.165, 1.54) is 0 Å². The van der Waals surface area contributed by atoms with Gasteiger partial charge in [-0.25, -0.2) is 0 Å². The van der Waals surface area contributed by atoms with Crippen LogP contribution >= 0.6 is 0 Å². The van der Waals surface area contributed by atoms with Gasteiger partial charge in [-0.1, -0.05) is 32.4 Å². The van der Waals surface area contributed by atoms with E-state index in [2.05, 4.69) is 6.92 Å². The average Bonchev–Trinajstić information content (AvgIpc) is 2.00. The fraction of sp³-hybridized carbons (Fsp3) is 0.800. The first-order chi connectivity index (χ1) is 5.49. The summed E-state index contributed by atoms with van der Waals surface area (Å²) in [7, 11) is 0. The van der Waals surface area contributed by atoms with Gasteiger partial charge in [-0.15, -0.1) is 0 Å². The summed E-state index contributed by atoms with van der Waals surface area (Å²) in [6, 6.07) is 0. The minimum absolute atomic E-state index is 0.185. The molecule has 0 bridgehead atoms. The minimum atomic E-state index is -1.03. The zero-order valence-corrected chi connectivity index (χ0v) is 7.99. The van der Waals surface area contributed by atoms with Crippen molar-refractivity contribution in [1.29, 1.82) is 0 Å². The van der Waals surface area contributed by atoms with Crippen LogP contribution in [0.25, 0.3) is 0 Å². The fourth-order valence-corrected chi connectivity index (χ4v) is 1.90. The quantitative estimate of drug-likeness (QED) is 0.583. The van der Waals surface area contributed by atoms with Gasteiger partial charge in [-0.05, 0) is 18.8 Å². The van der Waals surface area contributed by atoms with Gasteiger partial charge in [0.25, 0.3) is 0 Å². The largest absolute Gasteiger partial charge is 0.389 e. The molecular weight excluding hydrogens is 152 g/mol. The molecule has 1 rings (SSSR count). The third kappa shape index (κ3) is 1.54. The second-order valence-electron chi connectivity index (χ2n) is 3.96. The van der Waals surface area contributed by atoms with E-state index in [0.29, 0.717) is 5.92 Å². The lowest BCUT2D eigenvalue weighted by Crippen LogP contribution is -2.47. The van der Waals surface area contributed by atoms with Gasteiger partial charge < -0.3 is 10.2 Å². The van der Waals surface area contributed by atoms with Crippen LogP contribution in [-0.4, -0.2) is 21.9 Å². The maximum Gasteiger partial charge on any atom is 0.106 e. The smallest absolute Gasteiger partial charge is 0.106 e. The van der Waals surface area contributed by atoms with Crippen LogP contribution in [0.4, 0.5) is 0 Å². The molecule has 0 fully saturated rings. The van der Waals surface area contributed by atoms with Crippen LogP contribution in [0, 0.1) is 11.8 Å². The summed E-state index contributed by atoms with van der Waals surface area (Å²) in [6.45, 7) is 5.77. The number of hydrogen-bond donors (Lipinski definition) is 2. The Hall–Kier alpha value is -0.340. The highest BCUT2D eigenvalue weighted by atomic mass is 16.3. The first-order valence-electron chi connectivity index (χ1n) is 4.59. The third-order valence-electron chi connectivity index (χ3n) is 2.89. The summed E-state index contributed by atoms with van der Waals surface area (Å²) in [5.41, 5.74) is -1.03. The average molecular weight is 170 g/mol. The normalized spacial score (nSPS) is 47.9. The van der Waals surface area contributed by atoms with E-state index in [-0.39, 0.29) is 5.92 Å². The van der Waals surface area contributed by atoms with Crippen LogP contribution in [0.1, 0.15) is 27.2 Å². The van der Waals surface area contributed by atoms with E-state index in [9.17, 15) is 10.2 Å². The lowest BCUT2D eigenvalue weighted by atomic mass is 9.74. The standard InChI is InChI=1S/C10H18O2/c1-4-8-7(2)5-6-10(3,12)9(8)11/h5-9,11-12H,4H2,1-3H3. The second kappa shape index (κ2) is 3.19. The van der Waals surface area contributed by atoms with E-state index in [4.69, 9.17) is 0 Å². The molecule has 0 aromatic heterocycles. The second-order valence-corrected chi connectivity index (χ2v) is 3.96. The molecule has 2 N–H and O–H groups in total. The Kier molecular flexibility index (Phi) is 2.59. The Morgan fingerprint density at radius 1 is 1.50 bits per heavy atom. The summed E-state index contributed by atoms with van der Waals surface area (Å²) < 4.78 is 0. The highest BCUT2D eigenvalue weighted by Crippen LogP contribution is 2.33. The van der Waals surface area contributed by atoms with Crippen molar-refractivity contribution in [3.05, 3.63) is 12.2 Å². The minimum Gasteiger partial charge on any atom is -0.389 e. The molecule has 1 aliphatic carbocycles. The maximum atomic E-state index is 9.77. The molecule has 0 amide bonds. The number of hydrogen-bond acceptors (Lipinski definition) is 2. The number of rotatable bonds is 1. The molecule has 0 saturated carbocycles. The van der Waals surface area contributed by atoms with E-state index in [1.807, 2.05) is 13.0 Å². The molecule has 2 nitrogen and oxygen atoms in total. The Labute approximate surface area is 73.9 Å². The Morgan fingerprint density at radius 3 is 2.50 bits per heavy atom. The van der Waals surface area contributed by atoms with Crippen molar-refractivity contribution >= 4 is 0 Å². The van der Waals surface area contributed by atoms with E-state index in [0.717, 1.165) is 6.42 Å². The summed E-state index contributed by atoms with van der Waals surface area (Å²) in [5, 5.41) is 19.5. The van der Waals surface area contributed by atoms with Crippen LogP contribution in [0.5, 0.6) is 0 Å². The Morgan fingerprint density at radius 2 is 2.08 bits per heavy atom. The molecule has 0 radical (unpaired) electrons. The summed E-state index contributed by atoms with van der Waals surface area (Å²) in [5.74, 6) is 0.551. The lowest BCUT2D eigenvalue weighted by molar-refractivity contribution is -0.0740. The van der Waals surface area contributed by atoms with Crippen molar-refractivity contribution < 1.29 is 10.2 Å². The number of allylic oxidation sites excluding steroid dienone is 1. The highest BCUT2D eigenvalue weighted by Gasteiger charge is 2.38. The van der Waals surface area contributed by atoms with E-state index >= 15 is 0 Å². The molecule has 0 aromatic carbocycles. The van der Waals surface area contributed by atoms with Crippen molar-refractivity contribution in [2.45, 2.75) is 38.9 Å². The summed E-state index contributed by atoms with van der Waals surface area (Å²) in [4.78, 5) is 0. The first kappa shape index (κ1) is 9.75. The number of aliphatic hydroxyl groups is 2. The van der Waals surface area contributed by atoms with Crippen molar-refractivity contribution in [2.24, 2.45) is 11.8 Å². The molecular formula is C10H18O2. The van der Waals surface area contributed by atoms with Crippen molar-refractivity contribution in [3.8, 4) is 0 Å². The topological polar surface area (TPSA) is 40.5 Å². The molecule has 4 atom stereocenters. The SMILES string of the molecule is CCC1C(C)C=CC(C)(O)C1O. The predicted octanol–water partition coefficient (Wildman–Crippen LogP) is 1.33. The molecule has 0 aromatic rings. The molecule has 0 heterocycles. The maximum absolute atomic E-state index is 9.77. The van der Waals surface area contributed by atoms with Crippen LogP contribution < -0.4 is 0 Å². The van der Waals surface area contributed by atoms with Crippen molar-refractivity contribution in [1.82, 2.24) is 0 Å². The van der Waals surface area contributed by atoms with Crippen molar-refractivity contribution in [2.75, 3.05) is 0 Å². The summed E-state index contributed by atoms with van der Waals surface area (Å²) >= 11 is 0. The van der Waals surface area contributed by atoms with Gasteiger partial charge in [0.2, 0.25) is 0 Å². The van der Waals surface area contributed by atoms with Crippen LogP contribution in [0.2, 0.25) is 0 Å². The molecule has 2 heteroatoms. The molecule has 4 unspecified atom stereocenters.